The van der Waals surface area contributed by atoms with Gasteiger partial charge in [-0.05, 0) is 41.5 Å². The first-order valence-corrected chi connectivity index (χ1v) is 12.8. The highest BCUT2D eigenvalue weighted by Gasteiger charge is 2.53. The minimum absolute atomic E-state index is 0.189. The van der Waals surface area contributed by atoms with Gasteiger partial charge in [-0.3, -0.25) is 14.5 Å². The van der Waals surface area contributed by atoms with Gasteiger partial charge in [0.1, 0.15) is 17.8 Å². The Balaban J connectivity index is 1.30. The van der Waals surface area contributed by atoms with Crippen molar-refractivity contribution < 1.29 is 18.8 Å². The van der Waals surface area contributed by atoms with E-state index in [4.69, 9.17) is 4.42 Å². The summed E-state index contributed by atoms with van der Waals surface area (Å²) in [7, 11) is 0. The smallest absolute Gasteiger partial charge is 0.332 e. The van der Waals surface area contributed by atoms with Gasteiger partial charge in [-0.1, -0.05) is 60.7 Å². The Morgan fingerprint density at radius 2 is 1.69 bits per heavy atom. The first kappa shape index (κ1) is 23.0. The van der Waals surface area contributed by atoms with Gasteiger partial charge in [0.2, 0.25) is 0 Å². The SMILES string of the molecule is O=C(NCc1ccco1)c1ccccc1N1C(=O)[C@@H]2Cc3c([nH]c4ccccc34)[C@@H](c3ccccc3)N2C1=O. The molecule has 0 aliphatic carbocycles. The summed E-state index contributed by atoms with van der Waals surface area (Å²) in [5, 5.41) is 3.87. The van der Waals surface area contributed by atoms with Crippen LogP contribution < -0.4 is 10.2 Å². The van der Waals surface area contributed by atoms with Crippen LogP contribution in [0.15, 0.2) is 102 Å². The second kappa shape index (κ2) is 9.02. The van der Waals surface area contributed by atoms with Crippen LogP contribution in [0, 0.1) is 0 Å². The quantitative estimate of drug-likeness (QED) is 0.315. The summed E-state index contributed by atoms with van der Waals surface area (Å²) >= 11 is 0. The maximum absolute atomic E-state index is 14.1. The van der Waals surface area contributed by atoms with Crippen molar-refractivity contribution in [2.75, 3.05) is 4.90 Å². The number of benzene rings is 3. The second-order valence-electron chi connectivity index (χ2n) is 9.74. The molecule has 192 valence electrons. The van der Waals surface area contributed by atoms with Gasteiger partial charge in [0.15, 0.2) is 0 Å². The average Bonchev–Trinajstić information content (AvgIpc) is 3.68. The minimum atomic E-state index is -0.700. The zero-order valence-corrected chi connectivity index (χ0v) is 20.8. The number of hydrogen-bond acceptors (Lipinski definition) is 4. The van der Waals surface area contributed by atoms with Crippen molar-refractivity contribution in [2.24, 2.45) is 0 Å². The lowest BCUT2D eigenvalue weighted by atomic mass is 9.89. The van der Waals surface area contributed by atoms with Crippen molar-refractivity contribution in [1.29, 1.82) is 0 Å². The topological polar surface area (TPSA) is 98.7 Å². The zero-order valence-electron chi connectivity index (χ0n) is 20.8. The van der Waals surface area contributed by atoms with Crippen molar-refractivity contribution in [3.05, 3.63) is 125 Å². The van der Waals surface area contributed by atoms with Crippen molar-refractivity contribution in [3.8, 4) is 0 Å². The number of H-pyrrole nitrogens is 1. The van der Waals surface area contributed by atoms with Crippen LogP contribution in [-0.4, -0.2) is 33.8 Å². The number of furan rings is 1. The number of imide groups is 1. The van der Waals surface area contributed by atoms with Gasteiger partial charge in [-0.15, -0.1) is 0 Å². The fraction of sp³-hybridized carbons (Fsp3) is 0.129. The molecule has 4 amide bonds. The van der Waals surface area contributed by atoms with Gasteiger partial charge in [-0.25, -0.2) is 9.69 Å². The van der Waals surface area contributed by atoms with E-state index in [0.717, 1.165) is 32.6 Å². The molecule has 2 aliphatic rings. The monoisotopic (exact) mass is 516 g/mol. The Kier molecular flexibility index (Phi) is 5.33. The molecule has 5 aromatic rings. The number of aromatic amines is 1. The lowest BCUT2D eigenvalue weighted by Gasteiger charge is -2.36. The normalized spacial score (nSPS) is 18.4. The van der Waals surface area contributed by atoms with Gasteiger partial charge >= 0.3 is 6.03 Å². The summed E-state index contributed by atoms with van der Waals surface area (Å²) in [5.74, 6) is -0.142. The number of carbonyl (C=O) groups excluding carboxylic acids is 3. The van der Waals surface area contributed by atoms with E-state index in [9.17, 15) is 14.4 Å². The summed E-state index contributed by atoms with van der Waals surface area (Å²) in [4.78, 5) is 47.7. The molecule has 8 nitrogen and oxygen atoms in total. The Bertz CT molecular complexity index is 1720. The molecule has 2 aliphatic heterocycles. The molecule has 2 N–H and O–H groups in total. The van der Waals surface area contributed by atoms with E-state index in [0.29, 0.717) is 12.2 Å². The molecule has 0 unspecified atom stereocenters. The summed E-state index contributed by atoms with van der Waals surface area (Å²) in [6, 6.07) is 26.3. The number of nitrogens with one attached hydrogen (secondary N) is 2. The number of carbonyl (C=O) groups is 3. The zero-order chi connectivity index (χ0) is 26.5. The molecule has 2 aromatic heterocycles. The molecule has 4 heterocycles. The molecule has 0 bridgehead atoms. The number of amides is 4. The molecule has 39 heavy (non-hydrogen) atoms. The second-order valence-corrected chi connectivity index (χ2v) is 9.74. The van der Waals surface area contributed by atoms with Crippen LogP contribution in [0.25, 0.3) is 10.9 Å². The molecule has 0 radical (unpaired) electrons. The Labute approximate surface area is 223 Å². The van der Waals surface area contributed by atoms with Crippen molar-refractivity contribution in [3.63, 3.8) is 0 Å². The number of fused-ring (bicyclic) bond motifs is 4. The summed E-state index contributed by atoms with van der Waals surface area (Å²) in [5.41, 5.74) is 4.33. The molecule has 7 rings (SSSR count). The van der Waals surface area contributed by atoms with Gasteiger partial charge in [0, 0.05) is 23.0 Å². The highest BCUT2D eigenvalue weighted by molar-refractivity contribution is 6.24. The maximum atomic E-state index is 14.1. The number of aromatic nitrogens is 1. The third-order valence-corrected chi connectivity index (χ3v) is 7.56. The molecule has 3 aromatic carbocycles. The fourth-order valence-corrected chi connectivity index (χ4v) is 5.81. The van der Waals surface area contributed by atoms with Crippen LogP contribution in [0.3, 0.4) is 0 Å². The van der Waals surface area contributed by atoms with E-state index in [1.165, 1.54) is 6.26 Å². The number of hydrogen-bond donors (Lipinski definition) is 2. The molecule has 0 saturated carbocycles. The van der Waals surface area contributed by atoms with Crippen LogP contribution in [-0.2, 0) is 17.8 Å². The number of nitrogens with zero attached hydrogens (tertiary/aromatic N) is 2. The first-order chi connectivity index (χ1) is 19.1. The Morgan fingerprint density at radius 3 is 2.51 bits per heavy atom. The van der Waals surface area contributed by atoms with E-state index in [-0.39, 0.29) is 23.7 Å². The summed E-state index contributed by atoms with van der Waals surface area (Å²) in [6.07, 6.45) is 1.92. The maximum Gasteiger partial charge on any atom is 0.332 e. The van der Waals surface area contributed by atoms with E-state index >= 15 is 0 Å². The van der Waals surface area contributed by atoms with E-state index in [2.05, 4.69) is 10.3 Å². The third-order valence-electron chi connectivity index (χ3n) is 7.56. The van der Waals surface area contributed by atoms with Crippen LogP contribution in [0.5, 0.6) is 0 Å². The molecular formula is C31H24N4O4. The average molecular weight is 517 g/mol. The number of rotatable bonds is 5. The predicted molar refractivity (Wildman–Crippen MR) is 145 cm³/mol. The van der Waals surface area contributed by atoms with Crippen LogP contribution in [0.4, 0.5) is 10.5 Å². The number of para-hydroxylation sites is 2. The van der Waals surface area contributed by atoms with Crippen molar-refractivity contribution >= 4 is 34.4 Å². The number of urea groups is 1. The highest BCUT2D eigenvalue weighted by atomic mass is 16.3. The van der Waals surface area contributed by atoms with E-state index < -0.39 is 24.0 Å². The van der Waals surface area contributed by atoms with Gasteiger partial charge < -0.3 is 14.7 Å². The first-order valence-electron chi connectivity index (χ1n) is 12.8. The highest BCUT2D eigenvalue weighted by Crippen LogP contribution is 2.45. The molecule has 2 atom stereocenters. The summed E-state index contributed by atoms with van der Waals surface area (Å²) in [6.45, 7) is 0.189. The molecule has 8 heteroatoms. The molecule has 0 spiro atoms. The Morgan fingerprint density at radius 1 is 0.923 bits per heavy atom. The minimum Gasteiger partial charge on any atom is -0.467 e. The van der Waals surface area contributed by atoms with E-state index in [1.54, 1.807) is 41.3 Å². The Hall–Kier alpha value is -5.11. The van der Waals surface area contributed by atoms with Crippen LogP contribution in [0.2, 0.25) is 0 Å². The lowest BCUT2D eigenvalue weighted by molar-refractivity contribution is -0.120. The van der Waals surface area contributed by atoms with Crippen LogP contribution in [0.1, 0.15) is 39.0 Å². The standard InChI is InChI=1S/C31H24N4O4/c36-29(32-18-20-11-8-16-39-20)22-13-5-7-15-25(22)35-30(37)26-17-23-21-12-4-6-14-24(21)33-27(23)28(34(26)31(35)38)19-9-2-1-3-10-19/h1-16,26,28,33H,17-18H2,(H,32,36)/t26-,28+/m0/s1. The van der Waals surface area contributed by atoms with Gasteiger partial charge in [-0.2, -0.15) is 0 Å². The van der Waals surface area contributed by atoms with Gasteiger partial charge in [0.25, 0.3) is 11.8 Å². The fourth-order valence-electron chi connectivity index (χ4n) is 5.81. The largest absolute Gasteiger partial charge is 0.467 e. The molecule has 1 fully saturated rings. The van der Waals surface area contributed by atoms with Crippen LogP contribution >= 0.6 is 0 Å². The van der Waals surface area contributed by atoms with Crippen molar-refractivity contribution in [1.82, 2.24) is 15.2 Å². The van der Waals surface area contributed by atoms with E-state index in [1.807, 2.05) is 54.6 Å². The third kappa shape index (κ3) is 3.64. The van der Waals surface area contributed by atoms with Crippen molar-refractivity contribution in [2.45, 2.75) is 25.0 Å². The number of anilines is 1. The lowest BCUT2D eigenvalue weighted by Crippen LogP contribution is -2.44. The predicted octanol–water partition coefficient (Wildman–Crippen LogP) is 5.17. The summed E-state index contributed by atoms with van der Waals surface area (Å²) < 4.78 is 5.31. The molecule has 1 saturated heterocycles. The molecular weight excluding hydrogens is 492 g/mol. The van der Waals surface area contributed by atoms with Gasteiger partial charge in [0.05, 0.1) is 24.1 Å².